The molecule has 2 rings (SSSR count). The Morgan fingerprint density at radius 2 is 2.25 bits per heavy atom. The number of sulfonamides is 1. The maximum atomic E-state index is 13.6. The van der Waals surface area contributed by atoms with Crippen molar-refractivity contribution >= 4 is 16.0 Å². The summed E-state index contributed by atoms with van der Waals surface area (Å²) in [6.07, 6.45) is 0.736. The van der Waals surface area contributed by atoms with Crippen molar-refractivity contribution in [1.29, 1.82) is 0 Å². The Hall–Kier alpha value is -1.51. The highest BCUT2D eigenvalue weighted by atomic mass is 32.2. The molecule has 1 fully saturated rings. The summed E-state index contributed by atoms with van der Waals surface area (Å²) in [5.41, 5.74) is -0.282. The van der Waals surface area contributed by atoms with E-state index < -0.39 is 26.7 Å². The predicted molar refractivity (Wildman–Crippen MR) is 67.5 cm³/mol. The molecule has 0 aliphatic carbocycles. The molecule has 0 aromatic heterocycles. The van der Waals surface area contributed by atoms with Gasteiger partial charge in [-0.25, -0.2) is 22.3 Å². The molecule has 0 saturated carbocycles. The number of ether oxygens (including phenoxy) is 1. The van der Waals surface area contributed by atoms with Gasteiger partial charge in [-0.1, -0.05) is 0 Å². The van der Waals surface area contributed by atoms with Crippen LogP contribution < -0.4 is 4.72 Å². The Morgan fingerprint density at radius 1 is 1.50 bits per heavy atom. The summed E-state index contributed by atoms with van der Waals surface area (Å²) in [6.45, 7) is 1.18. The number of aromatic carboxylic acids is 1. The second kappa shape index (κ2) is 5.86. The lowest BCUT2D eigenvalue weighted by molar-refractivity contribution is 0.0696. The Labute approximate surface area is 115 Å². The van der Waals surface area contributed by atoms with Gasteiger partial charge in [-0.3, -0.25) is 0 Å². The summed E-state index contributed by atoms with van der Waals surface area (Å²) in [5.74, 6) is -2.24. The average Bonchev–Trinajstić information content (AvgIpc) is 2.89. The van der Waals surface area contributed by atoms with Crippen molar-refractivity contribution in [2.45, 2.75) is 11.3 Å². The molecule has 0 amide bonds. The average molecular weight is 303 g/mol. The van der Waals surface area contributed by atoms with Gasteiger partial charge in [0.2, 0.25) is 10.0 Å². The highest BCUT2D eigenvalue weighted by molar-refractivity contribution is 7.89. The van der Waals surface area contributed by atoms with Crippen LogP contribution in [-0.4, -0.2) is 39.3 Å². The van der Waals surface area contributed by atoms with Crippen LogP contribution in [-0.2, 0) is 14.8 Å². The predicted octanol–water partition coefficient (Wildman–Crippen LogP) is 0.839. The molecule has 0 radical (unpaired) electrons. The SMILES string of the molecule is O=C(O)c1ccc(F)c(S(=O)(=O)NCC2CCOC2)c1. The van der Waals surface area contributed by atoms with E-state index >= 15 is 0 Å². The van der Waals surface area contributed by atoms with Gasteiger partial charge in [-0.2, -0.15) is 0 Å². The molecule has 1 saturated heterocycles. The molecule has 2 N–H and O–H groups in total. The van der Waals surface area contributed by atoms with Gasteiger partial charge < -0.3 is 9.84 Å². The van der Waals surface area contributed by atoms with Gasteiger partial charge >= 0.3 is 5.97 Å². The first kappa shape index (κ1) is 14.9. The first-order valence-corrected chi connectivity index (χ1v) is 7.49. The molecule has 0 bridgehead atoms. The van der Waals surface area contributed by atoms with Crippen molar-refractivity contribution in [2.24, 2.45) is 5.92 Å². The molecule has 1 heterocycles. The minimum absolute atomic E-state index is 0.0514. The Balaban J connectivity index is 2.19. The highest BCUT2D eigenvalue weighted by Crippen LogP contribution is 2.18. The fraction of sp³-hybridized carbons (Fsp3) is 0.417. The molecular formula is C12H14FNO5S. The van der Waals surface area contributed by atoms with Crippen molar-refractivity contribution in [2.75, 3.05) is 19.8 Å². The Morgan fingerprint density at radius 3 is 2.85 bits per heavy atom. The van der Waals surface area contributed by atoms with Crippen LogP contribution in [0.5, 0.6) is 0 Å². The highest BCUT2D eigenvalue weighted by Gasteiger charge is 2.23. The van der Waals surface area contributed by atoms with E-state index in [1.54, 1.807) is 0 Å². The van der Waals surface area contributed by atoms with Gasteiger partial charge in [0.25, 0.3) is 0 Å². The van der Waals surface area contributed by atoms with E-state index in [2.05, 4.69) is 4.72 Å². The number of hydrogen-bond acceptors (Lipinski definition) is 4. The monoisotopic (exact) mass is 303 g/mol. The van der Waals surface area contributed by atoms with E-state index in [1.165, 1.54) is 0 Å². The minimum atomic E-state index is -4.08. The van der Waals surface area contributed by atoms with Crippen molar-refractivity contribution in [3.05, 3.63) is 29.6 Å². The lowest BCUT2D eigenvalue weighted by Gasteiger charge is -2.11. The maximum absolute atomic E-state index is 13.6. The molecule has 1 aromatic carbocycles. The van der Waals surface area contributed by atoms with Crippen LogP contribution in [0.4, 0.5) is 4.39 Å². The first-order valence-electron chi connectivity index (χ1n) is 6.00. The molecule has 1 atom stereocenters. The lowest BCUT2D eigenvalue weighted by atomic mass is 10.1. The van der Waals surface area contributed by atoms with Crippen LogP contribution in [0.25, 0.3) is 0 Å². The third-order valence-corrected chi connectivity index (χ3v) is 4.49. The van der Waals surface area contributed by atoms with Crippen LogP contribution >= 0.6 is 0 Å². The van der Waals surface area contributed by atoms with Crippen molar-refractivity contribution in [3.63, 3.8) is 0 Å². The lowest BCUT2D eigenvalue weighted by Crippen LogP contribution is -2.30. The number of carboxylic acid groups (broad SMARTS) is 1. The summed E-state index contributed by atoms with van der Waals surface area (Å²) in [7, 11) is -4.08. The maximum Gasteiger partial charge on any atom is 0.335 e. The molecule has 110 valence electrons. The Bertz CT molecular complexity index is 610. The zero-order valence-electron chi connectivity index (χ0n) is 10.5. The van der Waals surface area contributed by atoms with E-state index in [-0.39, 0.29) is 18.0 Å². The second-order valence-electron chi connectivity index (χ2n) is 4.53. The summed E-state index contributed by atoms with van der Waals surface area (Å²) < 4.78 is 45.0. The van der Waals surface area contributed by atoms with Crippen LogP contribution in [0.3, 0.4) is 0 Å². The largest absolute Gasteiger partial charge is 0.478 e. The number of carboxylic acids is 1. The van der Waals surface area contributed by atoms with Crippen molar-refractivity contribution < 1.29 is 27.4 Å². The van der Waals surface area contributed by atoms with Crippen LogP contribution in [0, 0.1) is 11.7 Å². The molecule has 1 aliphatic rings. The number of hydrogen-bond donors (Lipinski definition) is 2. The van der Waals surface area contributed by atoms with Gasteiger partial charge in [0.15, 0.2) is 0 Å². The first-order chi connectivity index (χ1) is 9.40. The van der Waals surface area contributed by atoms with Crippen LogP contribution in [0.15, 0.2) is 23.1 Å². The van der Waals surface area contributed by atoms with E-state index in [0.717, 1.165) is 24.6 Å². The summed E-state index contributed by atoms with van der Waals surface area (Å²) in [4.78, 5) is 10.1. The molecular weight excluding hydrogens is 289 g/mol. The van der Waals surface area contributed by atoms with Crippen LogP contribution in [0.1, 0.15) is 16.8 Å². The number of benzene rings is 1. The molecule has 0 spiro atoms. The van der Waals surface area contributed by atoms with Gasteiger partial charge in [0.05, 0.1) is 12.2 Å². The standard InChI is InChI=1S/C12H14FNO5S/c13-10-2-1-9(12(15)16)5-11(10)20(17,18)14-6-8-3-4-19-7-8/h1-2,5,8,14H,3-4,6-7H2,(H,15,16). The van der Waals surface area contributed by atoms with E-state index in [0.29, 0.717) is 13.2 Å². The van der Waals surface area contributed by atoms with Gasteiger partial charge in [0, 0.05) is 13.2 Å². The number of halogens is 1. The molecule has 1 aliphatic heterocycles. The number of nitrogens with one attached hydrogen (secondary N) is 1. The summed E-state index contributed by atoms with van der Waals surface area (Å²) in [5, 5.41) is 8.81. The Kier molecular flexibility index (Phi) is 4.36. The topological polar surface area (TPSA) is 92.7 Å². The third-order valence-electron chi connectivity index (χ3n) is 3.05. The van der Waals surface area contributed by atoms with Gasteiger partial charge in [-0.15, -0.1) is 0 Å². The molecule has 6 nitrogen and oxygen atoms in total. The second-order valence-corrected chi connectivity index (χ2v) is 6.27. The van der Waals surface area contributed by atoms with E-state index in [1.807, 2.05) is 0 Å². The zero-order valence-corrected chi connectivity index (χ0v) is 11.3. The molecule has 20 heavy (non-hydrogen) atoms. The normalized spacial score (nSPS) is 19.1. The molecule has 1 unspecified atom stereocenters. The quantitative estimate of drug-likeness (QED) is 0.841. The smallest absolute Gasteiger partial charge is 0.335 e. The van der Waals surface area contributed by atoms with Crippen molar-refractivity contribution in [1.82, 2.24) is 4.72 Å². The fourth-order valence-electron chi connectivity index (χ4n) is 1.89. The van der Waals surface area contributed by atoms with E-state index in [4.69, 9.17) is 9.84 Å². The third kappa shape index (κ3) is 3.33. The minimum Gasteiger partial charge on any atom is -0.478 e. The zero-order chi connectivity index (χ0) is 14.8. The summed E-state index contributed by atoms with van der Waals surface area (Å²) >= 11 is 0. The summed E-state index contributed by atoms with van der Waals surface area (Å²) in [6, 6.07) is 2.66. The van der Waals surface area contributed by atoms with Crippen LogP contribution in [0.2, 0.25) is 0 Å². The number of rotatable bonds is 5. The van der Waals surface area contributed by atoms with Gasteiger partial charge in [-0.05, 0) is 30.5 Å². The number of carbonyl (C=O) groups is 1. The van der Waals surface area contributed by atoms with Gasteiger partial charge in [0.1, 0.15) is 10.7 Å². The fourth-order valence-corrected chi connectivity index (χ4v) is 3.11. The van der Waals surface area contributed by atoms with E-state index in [9.17, 15) is 17.6 Å². The molecule has 1 aromatic rings. The molecule has 8 heteroatoms. The van der Waals surface area contributed by atoms with Crippen molar-refractivity contribution in [3.8, 4) is 0 Å².